The van der Waals surface area contributed by atoms with Crippen LogP contribution >= 0.6 is 0 Å². The van der Waals surface area contributed by atoms with Gasteiger partial charge in [-0.3, -0.25) is 0 Å². The minimum Gasteiger partial charge on any atom is -0.478 e. The molecule has 0 spiro atoms. The molecular weight excluding hydrogens is 382 g/mol. The lowest BCUT2D eigenvalue weighted by Gasteiger charge is -2.04. The van der Waals surface area contributed by atoms with Gasteiger partial charge in [-0.2, -0.15) is 20.5 Å². The second-order valence-corrected chi connectivity index (χ2v) is 6.32. The lowest BCUT2D eigenvalue weighted by molar-refractivity contribution is 0.0697. The fourth-order valence-corrected chi connectivity index (χ4v) is 2.45. The molecule has 152 valence electrons. The van der Waals surface area contributed by atoms with Crippen molar-refractivity contribution in [3.05, 3.63) is 78.4 Å². The molecule has 0 heterocycles. The fraction of sp³-hybridized carbons (Fsp3) is 0.136. The number of nitrogens with one attached hydrogen (secondary N) is 1. The second kappa shape index (κ2) is 10.6. The summed E-state index contributed by atoms with van der Waals surface area (Å²) < 4.78 is 0. The number of hydrogen-bond acceptors (Lipinski definition) is 7. The van der Waals surface area contributed by atoms with Crippen molar-refractivity contribution in [2.24, 2.45) is 20.5 Å². The Morgan fingerprint density at radius 1 is 0.700 bits per heavy atom. The highest BCUT2D eigenvalue weighted by molar-refractivity contribution is 5.87. The van der Waals surface area contributed by atoms with Crippen molar-refractivity contribution in [3.63, 3.8) is 0 Å². The number of hydrogen-bond donors (Lipinski definition) is 3. The van der Waals surface area contributed by atoms with Gasteiger partial charge in [0.2, 0.25) is 0 Å². The van der Waals surface area contributed by atoms with E-state index in [0.29, 0.717) is 30.0 Å². The molecule has 3 aromatic rings. The normalized spacial score (nSPS) is 11.2. The van der Waals surface area contributed by atoms with Crippen LogP contribution in [0.1, 0.15) is 16.8 Å². The monoisotopic (exact) mass is 403 g/mol. The van der Waals surface area contributed by atoms with Gasteiger partial charge in [-0.15, -0.1) is 0 Å². The maximum atomic E-state index is 10.8. The Morgan fingerprint density at radius 3 is 1.50 bits per heavy atom. The summed E-state index contributed by atoms with van der Waals surface area (Å²) in [6.07, 6.45) is 0.702. The van der Waals surface area contributed by atoms with Gasteiger partial charge in [-0.25, -0.2) is 4.79 Å². The summed E-state index contributed by atoms with van der Waals surface area (Å²) in [6.45, 7) is 0.883. The number of aliphatic hydroxyl groups excluding tert-OH is 1. The zero-order valence-corrected chi connectivity index (χ0v) is 16.1. The lowest BCUT2D eigenvalue weighted by atomic mass is 10.2. The molecule has 3 rings (SSSR count). The number of benzene rings is 3. The highest BCUT2D eigenvalue weighted by Gasteiger charge is 2.01. The van der Waals surface area contributed by atoms with Crippen LogP contribution in [0.25, 0.3) is 0 Å². The molecule has 0 radical (unpaired) electrons. The van der Waals surface area contributed by atoms with Crippen LogP contribution in [0.2, 0.25) is 0 Å². The van der Waals surface area contributed by atoms with Crippen LogP contribution in [-0.4, -0.2) is 29.3 Å². The van der Waals surface area contributed by atoms with E-state index in [1.165, 1.54) is 12.1 Å². The molecule has 30 heavy (non-hydrogen) atoms. The Labute approximate surface area is 173 Å². The number of carboxylic acids is 1. The van der Waals surface area contributed by atoms with Crippen molar-refractivity contribution >= 4 is 34.4 Å². The van der Waals surface area contributed by atoms with E-state index in [1.54, 1.807) is 36.4 Å². The first-order chi connectivity index (χ1) is 14.6. The zero-order valence-electron chi connectivity index (χ0n) is 16.1. The molecule has 0 fully saturated rings. The summed E-state index contributed by atoms with van der Waals surface area (Å²) in [6, 6.07) is 20.9. The van der Waals surface area contributed by atoms with Crippen molar-refractivity contribution < 1.29 is 15.0 Å². The molecule has 3 aromatic carbocycles. The number of rotatable bonds is 9. The van der Waals surface area contributed by atoms with Gasteiger partial charge in [-0.05, 0) is 79.2 Å². The predicted octanol–water partition coefficient (Wildman–Crippen LogP) is 6.01. The first-order valence-electron chi connectivity index (χ1n) is 9.36. The number of aliphatic hydroxyl groups is 1. The maximum Gasteiger partial charge on any atom is 0.335 e. The van der Waals surface area contributed by atoms with Gasteiger partial charge in [0.1, 0.15) is 0 Å². The van der Waals surface area contributed by atoms with Crippen LogP contribution in [0, 0.1) is 0 Å². The lowest BCUT2D eigenvalue weighted by Crippen LogP contribution is -2.02. The number of carboxylic acid groups (broad SMARTS) is 1. The highest BCUT2D eigenvalue weighted by atomic mass is 16.4. The predicted molar refractivity (Wildman–Crippen MR) is 115 cm³/mol. The van der Waals surface area contributed by atoms with Crippen molar-refractivity contribution in [3.8, 4) is 0 Å². The fourth-order valence-electron chi connectivity index (χ4n) is 2.45. The SMILES string of the molecule is O=C(O)c1ccc(N=Nc2ccc(N=Nc3ccc(NCCCO)cc3)cc2)cc1. The summed E-state index contributed by atoms with van der Waals surface area (Å²) in [4.78, 5) is 10.8. The Balaban J connectivity index is 1.56. The molecule has 0 aliphatic heterocycles. The number of nitrogens with zero attached hydrogens (tertiary/aromatic N) is 4. The quantitative estimate of drug-likeness (QED) is 0.299. The van der Waals surface area contributed by atoms with Gasteiger partial charge in [0.25, 0.3) is 0 Å². The van der Waals surface area contributed by atoms with Crippen LogP contribution in [0.5, 0.6) is 0 Å². The van der Waals surface area contributed by atoms with E-state index in [9.17, 15) is 4.79 Å². The average molecular weight is 403 g/mol. The summed E-state index contributed by atoms with van der Waals surface area (Å²) in [7, 11) is 0. The molecular formula is C22H21N5O3. The molecule has 0 aromatic heterocycles. The van der Waals surface area contributed by atoms with Gasteiger partial charge < -0.3 is 15.5 Å². The van der Waals surface area contributed by atoms with Crippen LogP contribution in [0.4, 0.5) is 28.4 Å². The van der Waals surface area contributed by atoms with E-state index in [1.807, 2.05) is 24.3 Å². The van der Waals surface area contributed by atoms with E-state index in [-0.39, 0.29) is 12.2 Å². The minimum absolute atomic E-state index is 0.166. The number of aromatic carboxylic acids is 1. The highest BCUT2D eigenvalue weighted by Crippen LogP contribution is 2.24. The summed E-state index contributed by atoms with van der Waals surface area (Å²) in [5.74, 6) is -0.978. The molecule has 0 amide bonds. The van der Waals surface area contributed by atoms with Crippen molar-refractivity contribution in [1.29, 1.82) is 0 Å². The van der Waals surface area contributed by atoms with E-state index in [0.717, 1.165) is 11.4 Å². The summed E-state index contributed by atoms with van der Waals surface area (Å²) in [5, 5.41) is 37.6. The van der Waals surface area contributed by atoms with E-state index >= 15 is 0 Å². The minimum atomic E-state index is -0.978. The van der Waals surface area contributed by atoms with Crippen molar-refractivity contribution in [1.82, 2.24) is 0 Å². The van der Waals surface area contributed by atoms with E-state index < -0.39 is 5.97 Å². The third-order valence-corrected chi connectivity index (χ3v) is 4.06. The molecule has 0 aliphatic carbocycles. The number of anilines is 1. The van der Waals surface area contributed by atoms with Crippen molar-refractivity contribution in [2.45, 2.75) is 6.42 Å². The smallest absolute Gasteiger partial charge is 0.335 e. The molecule has 0 saturated carbocycles. The third-order valence-electron chi connectivity index (χ3n) is 4.06. The largest absolute Gasteiger partial charge is 0.478 e. The maximum absolute atomic E-state index is 10.8. The summed E-state index contributed by atoms with van der Waals surface area (Å²) in [5.41, 5.74) is 3.81. The van der Waals surface area contributed by atoms with Gasteiger partial charge in [0.05, 0.1) is 28.3 Å². The number of carbonyl (C=O) groups is 1. The number of azo groups is 2. The van der Waals surface area contributed by atoms with Gasteiger partial charge in [0.15, 0.2) is 0 Å². The Morgan fingerprint density at radius 2 is 1.10 bits per heavy atom. The van der Waals surface area contributed by atoms with Crippen LogP contribution in [0.3, 0.4) is 0 Å². The Hall–Kier alpha value is -3.91. The first kappa shape index (κ1) is 20.8. The molecule has 8 nitrogen and oxygen atoms in total. The molecule has 0 saturated heterocycles. The molecule has 8 heteroatoms. The molecule has 0 unspecified atom stereocenters. The zero-order chi connectivity index (χ0) is 21.2. The molecule has 0 atom stereocenters. The Kier molecular flexibility index (Phi) is 7.34. The average Bonchev–Trinajstić information content (AvgIpc) is 2.78. The Bertz CT molecular complexity index is 1010. The molecule has 0 bridgehead atoms. The second-order valence-electron chi connectivity index (χ2n) is 6.32. The van der Waals surface area contributed by atoms with E-state index in [2.05, 4.69) is 25.8 Å². The molecule has 3 N–H and O–H groups in total. The van der Waals surface area contributed by atoms with Crippen LogP contribution < -0.4 is 5.32 Å². The van der Waals surface area contributed by atoms with Gasteiger partial charge in [0, 0.05) is 18.8 Å². The first-order valence-corrected chi connectivity index (χ1v) is 9.36. The van der Waals surface area contributed by atoms with E-state index in [4.69, 9.17) is 10.2 Å². The van der Waals surface area contributed by atoms with Gasteiger partial charge in [-0.1, -0.05) is 0 Å². The topological polar surface area (TPSA) is 119 Å². The van der Waals surface area contributed by atoms with Crippen LogP contribution in [0.15, 0.2) is 93.3 Å². The summed E-state index contributed by atoms with van der Waals surface area (Å²) >= 11 is 0. The standard InChI is InChI=1S/C22H21N5O3/c28-15-1-14-23-17-6-8-19(9-7-17)25-27-21-12-10-20(11-13-21)26-24-18-4-2-16(3-5-18)22(29)30/h2-13,23,28H,1,14-15H2,(H,29,30). The van der Waals surface area contributed by atoms with Crippen molar-refractivity contribution in [2.75, 3.05) is 18.5 Å². The third kappa shape index (κ3) is 6.32. The van der Waals surface area contributed by atoms with Crippen LogP contribution in [-0.2, 0) is 0 Å². The van der Waals surface area contributed by atoms with Gasteiger partial charge >= 0.3 is 5.97 Å². The molecule has 0 aliphatic rings.